The van der Waals surface area contributed by atoms with Gasteiger partial charge in [0.25, 0.3) is 0 Å². The fourth-order valence-corrected chi connectivity index (χ4v) is 4.35. The van der Waals surface area contributed by atoms with Crippen molar-refractivity contribution in [1.29, 1.82) is 0 Å². The lowest BCUT2D eigenvalue weighted by molar-refractivity contribution is -0.139. The van der Waals surface area contributed by atoms with Crippen LogP contribution >= 0.6 is 0 Å². The fourth-order valence-electron chi connectivity index (χ4n) is 3.50. The second-order valence-corrected chi connectivity index (χ2v) is 11.2. The van der Waals surface area contributed by atoms with E-state index in [1.54, 1.807) is 19.1 Å². The molecule has 0 unspecified atom stereocenters. The molecule has 0 aliphatic heterocycles. The Labute approximate surface area is 197 Å². The van der Waals surface area contributed by atoms with Crippen molar-refractivity contribution in [2.75, 3.05) is 24.2 Å². The van der Waals surface area contributed by atoms with Crippen LogP contribution in [-0.4, -0.2) is 51.0 Å². The molecule has 2 rings (SSSR count). The van der Waals surface area contributed by atoms with E-state index in [2.05, 4.69) is 26.1 Å². The Kier molecular flexibility index (Phi) is 8.30. The van der Waals surface area contributed by atoms with Gasteiger partial charge in [0.2, 0.25) is 21.8 Å². The summed E-state index contributed by atoms with van der Waals surface area (Å²) in [4.78, 5) is 27.2. The molecular formula is C25H35N3O4S. The third-order valence-electron chi connectivity index (χ3n) is 5.72. The normalized spacial score (nSPS) is 12.7. The summed E-state index contributed by atoms with van der Waals surface area (Å²) in [6.07, 6.45) is 1.08. The Hall–Kier alpha value is -2.87. The van der Waals surface area contributed by atoms with Crippen LogP contribution in [0.15, 0.2) is 48.5 Å². The molecule has 33 heavy (non-hydrogen) atoms. The molecule has 180 valence electrons. The van der Waals surface area contributed by atoms with Crippen LogP contribution in [0.1, 0.15) is 44.4 Å². The van der Waals surface area contributed by atoms with E-state index < -0.39 is 28.5 Å². The van der Waals surface area contributed by atoms with Crippen LogP contribution in [0, 0.1) is 6.92 Å². The van der Waals surface area contributed by atoms with Crippen molar-refractivity contribution in [3.63, 3.8) is 0 Å². The minimum Gasteiger partial charge on any atom is -0.357 e. The molecule has 8 heteroatoms. The van der Waals surface area contributed by atoms with Gasteiger partial charge in [-0.05, 0) is 48.1 Å². The van der Waals surface area contributed by atoms with Crippen molar-refractivity contribution in [1.82, 2.24) is 10.2 Å². The molecular weight excluding hydrogens is 438 g/mol. The van der Waals surface area contributed by atoms with E-state index in [0.29, 0.717) is 5.69 Å². The van der Waals surface area contributed by atoms with Crippen LogP contribution in [-0.2, 0) is 31.6 Å². The molecule has 0 fully saturated rings. The van der Waals surface area contributed by atoms with Gasteiger partial charge in [-0.25, -0.2) is 8.42 Å². The fraction of sp³-hybridized carbons (Fsp3) is 0.440. The van der Waals surface area contributed by atoms with Crippen LogP contribution in [0.4, 0.5) is 5.69 Å². The van der Waals surface area contributed by atoms with E-state index in [4.69, 9.17) is 0 Å². The first-order valence-corrected chi connectivity index (χ1v) is 12.7. The standard InChI is InChI=1S/C25H35N3O4S/c1-18-10-8-9-11-20(18)16-27(19(2)24(30)26-6)23(29)17-28(33(7,31)32)22-14-12-21(13-15-22)25(3,4)5/h8-15,19H,16-17H2,1-7H3,(H,26,30)/t19-/m1/s1. The van der Waals surface area contributed by atoms with E-state index in [1.807, 2.05) is 43.3 Å². The van der Waals surface area contributed by atoms with Crippen LogP contribution in [0.5, 0.6) is 0 Å². The molecule has 0 saturated carbocycles. The Bertz CT molecular complexity index is 1090. The van der Waals surface area contributed by atoms with E-state index in [0.717, 1.165) is 27.3 Å². The van der Waals surface area contributed by atoms with E-state index in [9.17, 15) is 18.0 Å². The van der Waals surface area contributed by atoms with Crippen molar-refractivity contribution in [2.45, 2.75) is 52.6 Å². The predicted octanol–water partition coefficient (Wildman–Crippen LogP) is 3.22. The summed E-state index contributed by atoms with van der Waals surface area (Å²) in [5, 5.41) is 2.57. The number of carbonyl (C=O) groups is 2. The lowest BCUT2D eigenvalue weighted by atomic mass is 9.87. The maximum atomic E-state index is 13.4. The zero-order valence-corrected chi connectivity index (χ0v) is 21.4. The average molecular weight is 474 g/mol. The van der Waals surface area contributed by atoms with Crippen LogP contribution in [0.3, 0.4) is 0 Å². The summed E-state index contributed by atoms with van der Waals surface area (Å²) in [5.74, 6) is -0.781. The molecule has 0 aromatic heterocycles. The Morgan fingerprint density at radius 2 is 1.61 bits per heavy atom. The number of carbonyl (C=O) groups excluding carboxylic acids is 2. The number of sulfonamides is 1. The van der Waals surface area contributed by atoms with Crippen LogP contribution in [0.2, 0.25) is 0 Å². The van der Waals surface area contributed by atoms with Gasteiger partial charge >= 0.3 is 0 Å². The van der Waals surface area contributed by atoms with E-state index in [1.165, 1.54) is 11.9 Å². The van der Waals surface area contributed by atoms with Crippen molar-refractivity contribution in [3.05, 3.63) is 65.2 Å². The lowest BCUT2D eigenvalue weighted by Crippen LogP contribution is -2.50. The molecule has 0 spiro atoms. The largest absolute Gasteiger partial charge is 0.357 e. The monoisotopic (exact) mass is 473 g/mol. The SMILES string of the molecule is CNC(=O)[C@@H](C)N(Cc1ccccc1C)C(=O)CN(c1ccc(C(C)(C)C)cc1)S(C)(=O)=O. The minimum absolute atomic E-state index is 0.0858. The molecule has 2 aromatic rings. The summed E-state index contributed by atoms with van der Waals surface area (Å²) in [7, 11) is -2.23. The highest BCUT2D eigenvalue weighted by Crippen LogP contribution is 2.26. The van der Waals surface area contributed by atoms with Gasteiger partial charge in [0.15, 0.2) is 0 Å². The molecule has 2 amide bonds. The zero-order chi connectivity index (χ0) is 25.0. The molecule has 0 bridgehead atoms. The van der Waals surface area contributed by atoms with Gasteiger partial charge < -0.3 is 10.2 Å². The number of amides is 2. The minimum atomic E-state index is -3.74. The van der Waals surface area contributed by atoms with E-state index >= 15 is 0 Å². The summed E-state index contributed by atoms with van der Waals surface area (Å²) in [6, 6.07) is 14.0. The number of nitrogens with zero attached hydrogens (tertiary/aromatic N) is 2. The first kappa shape index (κ1) is 26.4. The summed E-state index contributed by atoms with van der Waals surface area (Å²) in [6.45, 7) is 9.58. The van der Waals surface area contributed by atoms with Gasteiger partial charge in [0.1, 0.15) is 12.6 Å². The zero-order valence-electron chi connectivity index (χ0n) is 20.5. The molecule has 1 N–H and O–H groups in total. The summed E-state index contributed by atoms with van der Waals surface area (Å²) >= 11 is 0. The number of rotatable bonds is 8. The maximum Gasteiger partial charge on any atom is 0.244 e. The first-order chi connectivity index (χ1) is 15.3. The van der Waals surface area contributed by atoms with E-state index in [-0.39, 0.29) is 17.9 Å². The quantitative estimate of drug-likeness (QED) is 0.638. The number of hydrogen-bond donors (Lipinski definition) is 1. The second kappa shape index (κ2) is 10.4. The van der Waals surface area contributed by atoms with Gasteiger partial charge in [0, 0.05) is 13.6 Å². The smallest absolute Gasteiger partial charge is 0.244 e. The van der Waals surface area contributed by atoms with Crippen molar-refractivity contribution < 1.29 is 18.0 Å². The van der Waals surface area contributed by atoms with Gasteiger partial charge in [-0.2, -0.15) is 0 Å². The molecule has 0 radical (unpaired) electrons. The van der Waals surface area contributed by atoms with Crippen LogP contribution in [0.25, 0.3) is 0 Å². The van der Waals surface area contributed by atoms with Crippen molar-refractivity contribution in [3.8, 4) is 0 Å². The number of hydrogen-bond acceptors (Lipinski definition) is 4. The van der Waals surface area contributed by atoms with Gasteiger partial charge in [-0.15, -0.1) is 0 Å². The van der Waals surface area contributed by atoms with Crippen molar-refractivity contribution in [2.24, 2.45) is 0 Å². The molecule has 0 saturated heterocycles. The third-order valence-corrected chi connectivity index (χ3v) is 6.86. The van der Waals surface area contributed by atoms with Gasteiger partial charge in [0.05, 0.1) is 11.9 Å². The summed E-state index contributed by atoms with van der Waals surface area (Å²) < 4.78 is 26.3. The summed E-state index contributed by atoms with van der Waals surface area (Å²) in [5.41, 5.74) is 3.25. The highest BCUT2D eigenvalue weighted by atomic mass is 32.2. The number of anilines is 1. The van der Waals surface area contributed by atoms with Gasteiger partial charge in [-0.3, -0.25) is 13.9 Å². The molecule has 0 aliphatic carbocycles. The number of benzene rings is 2. The topological polar surface area (TPSA) is 86.8 Å². The lowest BCUT2D eigenvalue weighted by Gasteiger charge is -2.31. The molecule has 7 nitrogen and oxygen atoms in total. The number of likely N-dealkylation sites (N-methyl/N-ethyl adjacent to an activating group) is 1. The molecule has 2 aromatic carbocycles. The molecule has 0 aliphatic rings. The number of aryl methyl sites for hydroxylation is 1. The van der Waals surface area contributed by atoms with Crippen molar-refractivity contribution >= 4 is 27.5 Å². The maximum absolute atomic E-state index is 13.4. The predicted molar refractivity (Wildman–Crippen MR) is 133 cm³/mol. The van der Waals surface area contributed by atoms with Gasteiger partial charge in [-0.1, -0.05) is 57.2 Å². The Balaban J connectivity index is 2.40. The number of nitrogens with one attached hydrogen (secondary N) is 1. The highest BCUT2D eigenvalue weighted by molar-refractivity contribution is 7.92. The second-order valence-electron chi connectivity index (χ2n) is 9.30. The molecule has 1 atom stereocenters. The first-order valence-electron chi connectivity index (χ1n) is 10.9. The Morgan fingerprint density at radius 1 is 1.03 bits per heavy atom. The average Bonchev–Trinajstić information content (AvgIpc) is 2.74. The highest BCUT2D eigenvalue weighted by Gasteiger charge is 2.30. The van der Waals surface area contributed by atoms with Crippen LogP contribution < -0.4 is 9.62 Å². The third kappa shape index (κ3) is 6.81. The molecule has 0 heterocycles. The Morgan fingerprint density at radius 3 is 2.09 bits per heavy atom.